The van der Waals surface area contributed by atoms with Gasteiger partial charge in [-0.3, -0.25) is 14.2 Å². The fourth-order valence-corrected chi connectivity index (χ4v) is 3.18. The lowest BCUT2D eigenvalue weighted by Crippen LogP contribution is -2.26. The number of carbonyl (C=O) groups is 1. The summed E-state index contributed by atoms with van der Waals surface area (Å²) in [7, 11) is 0. The van der Waals surface area contributed by atoms with Crippen molar-refractivity contribution in [2.45, 2.75) is 27.3 Å². The Bertz CT molecular complexity index is 1210. The van der Waals surface area contributed by atoms with Crippen LogP contribution in [-0.4, -0.2) is 15.5 Å². The molecule has 6 heteroatoms. The van der Waals surface area contributed by atoms with Crippen LogP contribution in [0.1, 0.15) is 38.4 Å². The maximum atomic E-state index is 13.2. The normalized spacial score (nSPS) is 10.7. The molecule has 0 amide bonds. The second kappa shape index (κ2) is 6.61. The molecule has 0 aliphatic rings. The summed E-state index contributed by atoms with van der Waals surface area (Å²) in [6.45, 7) is 8.65. The molecule has 0 saturated heterocycles. The van der Waals surface area contributed by atoms with Crippen LogP contribution in [0.15, 0.2) is 40.1 Å². The Morgan fingerprint density at radius 2 is 2.04 bits per heavy atom. The van der Waals surface area contributed by atoms with E-state index >= 15 is 0 Å². The summed E-state index contributed by atoms with van der Waals surface area (Å²) in [5, 5.41) is 20.7. The monoisotopic (exact) mass is 362 g/mol. The summed E-state index contributed by atoms with van der Waals surface area (Å²) in [4.78, 5) is 25.6. The molecule has 1 N–H and O–H groups in total. The predicted molar refractivity (Wildman–Crippen MR) is 101 cm³/mol. The minimum absolute atomic E-state index is 0.0295. The van der Waals surface area contributed by atoms with Crippen LogP contribution in [0, 0.1) is 32.1 Å². The number of hydrogen-bond acceptors (Lipinski definition) is 5. The van der Waals surface area contributed by atoms with Gasteiger partial charge in [-0.2, -0.15) is 5.26 Å². The number of nitriles is 1. The van der Waals surface area contributed by atoms with Crippen LogP contribution < -0.4 is 5.56 Å². The van der Waals surface area contributed by atoms with Gasteiger partial charge in [0.2, 0.25) is 11.7 Å². The SMILES string of the molecule is C=CCn1c(O)c(C(=O)c2oc3cc(C)ccc3c2C)c(C)c(C#N)c1=O. The van der Waals surface area contributed by atoms with Crippen molar-refractivity contribution in [3.05, 3.63) is 74.8 Å². The van der Waals surface area contributed by atoms with E-state index in [9.17, 15) is 20.0 Å². The average molecular weight is 362 g/mol. The van der Waals surface area contributed by atoms with Crippen molar-refractivity contribution in [1.29, 1.82) is 5.26 Å². The highest BCUT2D eigenvalue weighted by Gasteiger charge is 2.28. The van der Waals surface area contributed by atoms with Crippen LogP contribution in [0.3, 0.4) is 0 Å². The average Bonchev–Trinajstić information content (AvgIpc) is 2.95. The van der Waals surface area contributed by atoms with Gasteiger partial charge in [0.15, 0.2) is 5.76 Å². The molecule has 0 radical (unpaired) electrons. The van der Waals surface area contributed by atoms with Crippen LogP contribution in [0.4, 0.5) is 0 Å². The standard InChI is InChI=1S/C21H18N2O4/c1-5-8-23-20(25)15(10-22)12(3)17(21(23)26)18(24)19-13(4)14-7-6-11(2)9-16(14)27-19/h5-7,9,26H,1,8H2,2-4H3. The summed E-state index contributed by atoms with van der Waals surface area (Å²) in [6.07, 6.45) is 1.40. The van der Waals surface area contributed by atoms with Crippen molar-refractivity contribution in [3.8, 4) is 11.9 Å². The Morgan fingerprint density at radius 3 is 2.67 bits per heavy atom. The fourth-order valence-electron chi connectivity index (χ4n) is 3.18. The number of benzene rings is 1. The molecular formula is C21H18N2O4. The van der Waals surface area contributed by atoms with E-state index in [1.165, 1.54) is 13.0 Å². The van der Waals surface area contributed by atoms with E-state index in [2.05, 4.69) is 6.58 Å². The van der Waals surface area contributed by atoms with E-state index in [1.54, 1.807) is 6.92 Å². The van der Waals surface area contributed by atoms with Crippen LogP contribution in [0.25, 0.3) is 11.0 Å². The predicted octanol–water partition coefficient (Wildman–Crippen LogP) is 3.51. The Balaban J connectivity index is 2.31. The molecule has 2 heterocycles. The maximum absolute atomic E-state index is 13.2. The Hall–Kier alpha value is -3.59. The van der Waals surface area contributed by atoms with Crippen LogP contribution in [0.2, 0.25) is 0 Å². The lowest BCUT2D eigenvalue weighted by atomic mass is 9.98. The van der Waals surface area contributed by atoms with Gasteiger partial charge < -0.3 is 9.52 Å². The third kappa shape index (κ3) is 2.74. The minimum Gasteiger partial charge on any atom is -0.494 e. The highest BCUT2D eigenvalue weighted by atomic mass is 16.3. The van der Waals surface area contributed by atoms with Gasteiger partial charge in [-0.1, -0.05) is 18.2 Å². The fraction of sp³-hybridized carbons (Fsp3) is 0.190. The number of furan rings is 1. The van der Waals surface area contributed by atoms with Gasteiger partial charge in [0.25, 0.3) is 5.56 Å². The molecule has 136 valence electrons. The number of hydrogen-bond donors (Lipinski definition) is 1. The topological polar surface area (TPSA) is 96.2 Å². The van der Waals surface area contributed by atoms with E-state index in [0.717, 1.165) is 15.5 Å². The Morgan fingerprint density at radius 1 is 1.33 bits per heavy atom. The van der Waals surface area contributed by atoms with E-state index in [4.69, 9.17) is 4.42 Å². The molecular weight excluding hydrogens is 344 g/mol. The van der Waals surface area contributed by atoms with Crippen molar-refractivity contribution in [2.75, 3.05) is 0 Å². The zero-order chi connectivity index (χ0) is 19.9. The van der Waals surface area contributed by atoms with E-state index in [1.807, 2.05) is 31.2 Å². The molecule has 27 heavy (non-hydrogen) atoms. The van der Waals surface area contributed by atoms with E-state index in [-0.39, 0.29) is 29.0 Å². The van der Waals surface area contributed by atoms with Crippen molar-refractivity contribution >= 4 is 16.8 Å². The molecule has 0 bridgehead atoms. The van der Waals surface area contributed by atoms with Gasteiger partial charge in [-0.15, -0.1) is 6.58 Å². The quantitative estimate of drug-likeness (QED) is 0.566. The number of aromatic hydroxyl groups is 1. The first-order valence-electron chi connectivity index (χ1n) is 8.33. The first-order valence-corrected chi connectivity index (χ1v) is 8.33. The molecule has 0 aliphatic heterocycles. The van der Waals surface area contributed by atoms with Crippen LogP contribution >= 0.6 is 0 Å². The van der Waals surface area contributed by atoms with E-state index < -0.39 is 17.2 Å². The molecule has 2 aromatic heterocycles. The van der Waals surface area contributed by atoms with Crippen molar-refractivity contribution in [3.63, 3.8) is 0 Å². The number of allylic oxidation sites excluding steroid dienone is 1. The Labute approximate surface area is 155 Å². The van der Waals surface area contributed by atoms with Crippen LogP contribution in [0.5, 0.6) is 5.88 Å². The number of aryl methyl sites for hydroxylation is 2. The highest BCUT2D eigenvalue weighted by Crippen LogP contribution is 2.31. The molecule has 0 spiro atoms. The number of pyridine rings is 1. The molecule has 0 atom stereocenters. The molecule has 0 fully saturated rings. The number of aromatic nitrogens is 1. The number of nitrogens with zero attached hydrogens (tertiary/aromatic N) is 2. The molecule has 1 aromatic carbocycles. The highest BCUT2D eigenvalue weighted by molar-refractivity contribution is 6.12. The van der Waals surface area contributed by atoms with Crippen molar-refractivity contribution in [2.24, 2.45) is 0 Å². The van der Waals surface area contributed by atoms with E-state index in [0.29, 0.717) is 11.1 Å². The number of ketones is 1. The lowest BCUT2D eigenvalue weighted by Gasteiger charge is -2.13. The van der Waals surface area contributed by atoms with Gasteiger partial charge in [0.1, 0.15) is 17.2 Å². The van der Waals surface area contributed by atoms with Gasteiger partial charge in [-0.25, -0.2) is 0 Å². The number of fused-ring (bicyclic) bond motifs is 1. The number of rotatable bonds is 4. The van der Waals surface area contributed by atoms with Crippen molar-refractivity contribution < 1.29 is 14.3 Å². The van der Waals surface area contributed by atoms with Crippen LogP contribution in [-0.2, 0) is 6.54 Å². The molecule has 3 rings (SSSR count). The van der Waals surface area contributed by atoms with Gasteiger partial charge in [0, 0.05) is 17.5 Å². The van der Waals surface area contributed by atoms with Gasteiger partial charge >= 0.3 is 0 Å². The third-order valence-electron chi connectivity index (χ3n) is 4.64. The smallest absolute Gasteiger partial charge is 0.271 e. The second-order valence-electron chi connectivity index (χ2n) is 6.40. The summed E-state index contributed by atoms with van der Waals surface area (Å²) in [5.41, 5.74) is 1.33. The largest absolute Gasteiger partial charge is 0.494 e. The maximum Gasteiger partial charge on any atom is 0.271 e. The number of carbonyl (C=O) groups excluding carboxylic acids is 1. The Kier molecular flexibility index (Phi) is 4.46. The molecule has 0 unspecified atom stereocenters. The molecule has 0 aliphatic carbocycles. The summed E-state index contributed by atoms with van der Waals surface area (Å²) in [6, 6.07) is 7.43. The van der Waals surface area contributed by atoms with Gasteiger partial charge in [-0.05, 0) is 38.0 Å². The first kappa shape index (κ1) is 18.2. The zero-order valence-corrected chi connectivity index (χ0v) is 15.3. The summed E-state index contributed by atoms with van der Waals surface area (Å²) < 4.78 is 6.71. The minimum atomic E-state index is -0.666. The van der Waals surface area contributed by atoms with Crippen molar-refractivity contribution in [1.82, 2.24) is 4.57 Å². The van der Waals surface area contributed by atoms with Gasteiger partial charge in [0.05, 0.1) is 5.56 Å². The summed E-state index contributed by atoms with van der Waals surface area (Å²) in [5.74, 6) is -1.01. The third-order valence-corrected chi connectivity index (χ3v) is 4.64. The molecule has 0 saturated carbocycles. The summed E-state index contributed by atoms with van der Waals surface area (Å²) >= 11 is 0. The second-order valence-corrected chi connectivity index (χ2v) is 6.40. The first-order chi connectivity index (χ1) is 12.8. The molecule has 3 aromatic rings. The zero-order valence-electron chi connectivity index (χ0n) is 15.3. The molecule has 6 nitrogen and oxygen atoms in total. The lowest BCUT2D eigenvalue weighted by molar-refractivity contribution is 0.101.